The van der Waals surface area contributed by atoms with Gasteiger partial charge in [0.2, 0.25) is 5.91 Å². The van der Waals surface area contributed by atoms with Crippen LogP contribution < -0.4 is 10.1 Å². The number of alkyl halides is 7. The zero-order valence-electron chi connectivity index (χ0n) is 14.1. The molecule has 0 aliphatic rings. The summed E-state index contributed by atoms with van der Waals surface area (Å²) in [7, 11) is 0. The maximum Gasteiger partial charge on any atom is 0.389 e. The van der Waals surface area contributed by atoms with Gasteiger partial charge in [-0.1, -0.05) is 19.1 Å². The van der Waals surface area contributed by atoms with Crippen molar-refractivity contribution in [3.05, 3.63) is 29.8 Å². The summed E-state index contributed by atoms with van der Waals surface area (Å²) in [6.07, 6.45) is -6.13. The number of halogens is 7. The predicted molar refractivity (Wildman–Crippen MR) is 80.4 cm³/mol. The third-order valence-corrected chi connectivity index (χ3v) is 3.32. The Bertz CT molecular complexity index is 596. The summed E-state index contributed by atoms with van der Waals surface area (Å²) in [5.74, 6) is -2.13. The molecular weight excluding hydrogens is 387 g/mol. The van der Waals surface area contributed by atoms with Crippen molar-refractivity contribution < 1.29 is 45.0 Å². The average molecular weight is 405 g/mol. The van der Waals surface area contributed by atoms with Crippen LogP contribution in [0.4, 0.5) is 30.7 Å². The maximum atomic E-state index is 12.3. The summed E-state index contributed by atoms with van der Waals surface area (Å²) >= 11 is 0. The smallest absolute Gasteiger partial charge is 0.389 e. The predicted octanol–water partition coefficient (Wildman–Crippen LogP) is 4.66. The molecule has 0 aliphatic carbocycles. The van der Waals surface area contributed by atoms with Crippen molar-refractivity contribution in [2.24, 2.45) is 5.92 Å². The first-order valence-corrected chi connectivity index (χ1v) is 7.77. The number of carbonyl (C=O) groups excluding carboxylic acids is 1. The number of carbonyl (C=O) groups is 1. The monoisotopic (exact) mass is 405 g/mol. The molecule has 2 atom stereocenters. The normalized spacial score (nSPS) is 14.3. The number of nitrogens with one attached hydrogen (secondary N) is 1. The van der Waals surface area contributed by atoms with Crippen molar-refractivity contribution in [3.63, 3.8) is 0 Å². The molecule has 0 aromatic heterocycles. The fourth-order valence-electron chi connectivity index (χ4n) is 2.33. The van der Waals surface area contributed by atoms with E-state index in [-0.39, 0.29) is 11.3 Å². The average Bonchev–Trinajstić information content (AvgIpc) is 2.48. The quantitative estimate of drug-likeness (QED) is 0.576. The van der Waals surface area contributed by atoms with Crippen LogP contribution in [-0.2, 0) is 9.53 Å². The van der Waals surface area contributed by atoms with Gasteiger partial charge in [0.25, 0.3) is 0 Å². The van der Waals surface area contributed by atoms with E-state index in [9.17, 15) is 35.5 Å². The largest absolute Gasteiger partial charge is 0.435 e. The van der Waals surface area contributed by atoms with E-state index >= 15 is 0 Å². The summed E-state index contributed by atoms with van der Waals surface area (Å²) < 4.78 is 94.5. The van der Waals surface area contributed by atoms with Crippen LogP contribution in [0.5, 0.6) is 5.75 Å². The van der Waals surface area contributed by atoms with E-state index < -0.39 is 56.7 Å². The highest BCUT2D eigenvalue weighted by Gasteiger charge is 2.31. The highest BCUT2D eigenvalue weighted by molar-refractivity contribution is 5.76. The van der Waals surface area contributed by atoms with Gasteiger partial charge in [0, 0.05) is 12.8 Å². The molecule has 1 aromatic rings. The first kappa shape index (κ1) is 23.0. The van der Waals surface area contributed by atoms with Crippen molar-refractivity contribution in [1.29, 1.82) is 0 Å². The summed E-state index contributed by atoms with van der Waals surface area (Å²) in [5.41, 5.74) is 0.116. The highest BCUT2D eigenvalue weighted by Crippen LogP contribution is 2.27. The Morgan fingerprint density at radius 1 is 1.15 bits per heavy atom. The Morgan fingerprint density at radius 2 is 1.81 bits per heavy atom. The van der Waals surface area contributed by atoms with Gasteiger partial charge in [-0.15, -0.1) is 0 Å². The van der Waals surface area contributed by atoms with Crippen molar-refractivity contribution in [1.82, 2.24) is 5.32 Å². The minimum Gasteiger partial charge on any atom is -0.435 e. The van der Waals surface area contributed by atoms with E-state index in [1.165, 1.54) is 25.1 Å². The second kappa shape index (κ2) is 10.3. The first-order valence-electron chi connectivity index (χ1n) is 7.77. The van der Waals surface area contributed by atoms with Crippen molar-refractivity contribution in [3.8, 4) is 5.75 Å². The first-order chi connectivity index (χ1) is 12.5. The molecule has 1 N–H and O–H groups in total. The second-order valence-corrected chi connectivity index (χ2v) is 5.79. The second-order valence-electron chi connectivity index (χ2n) is 5.79. The fraction of sp³-hybridized carbons (Fsp3) is 0.562. The molecule has 0 unspecified atom stereocenters. The molecule has 1 aromatic carbocycles. The molecule has 0 fully saturated rings. The van der Waals surface area contributed by atoms with E-state index in [1.54, 1.807) is 0 Å². The molecule has 1 rings (SSSR count). The minimum absolute atomic E-state index is 0.116. The molecule has 0 radical (unpaired) electrons. The van der Waals surface area contributed by atoms with Gasteiger partial charge in [-0.05, 0) is 23.6 Å². The lowest BCUT2D eigenvalue weighted by Gasteiger charge is -2.21. The van der Waals surface area contributed by atoms with Crippen LogP contribution in [0.15, 0.2) is 24.3 Å². The standard InChI is InChI=1S/C16H18F7NO3/c1-9(7-16(21,22)23)5-13(25)24-12(8-26-14(17)18)10-3-2-4-11(6-10)27-15(19)20/h2-4,6,9,12,14-15H,5,7-8H2,1H3,(H,24,25)/t9-,12-/m0/s1. The molecule has 0 bridgehead atoms. The lowest BCUT2D eigenvalue weighted by molar-refractivity contribution is -0.147. The van der Waals surface area contributed by atoms with Crippen molar-refractivity contribution in [2.45, 2.75) is 45.2 Å². The van der Waals surface area contributed by atoms with Gasteiger partial charge in [-0.25, -0.2) is 0 Å². The SMILES string of the molecule is C[C@@H](CC(=O)N[C@@H](COC(F)F)c1cccc(OC(F)F)c1)CC(F)(F)F. The lowest BCUT2D eigenvalue weighted by atomic mass is 10.0. The minimum atomic E-state index is -4.45. The molecule has 0 spiro atoms. The van der Waals surface area contributed by atoms with Crippen LogP contribution >= 0.6 is 0 Å². The molecule has 0 heterocycles. The molecule has 0 saturated heterocycles. The number of hydrogen-bond donors (Lipinski definition) is 1. The Hall–Kier alpha value is -2.04. The molecule has 0 aliphatic heterocycles. The van der Waals surface area contributed by atoms with Crippen LogP contribution in [0, 0.1) is 5.92 Å². The van der Waals surface area contributed by atoms with Gasteiger partial charge >= 0.3 is 19.4 Å². The number of amides is 1. The lowest BCUT2D eigenvalue weighted by Crippen LogP contribution is -2.33. The highest BCUT2D eigenvalue weighted by atomic mass is 19.4. The summed E-state index contributed by atoms with van der Waals surface area (Å²) in [5, 5.41) is 2.28. The van der Waals surface area contributed by atoms with Crippen LogP contribution in [0.3, 0.4) is 0 Å². The van der Waals surface area contributed by atoms with Crippen LogP contribution in [-0.4, -0.2) is 31.9 Å². The third-order valence-electron chi connectivity index (χ3n) is 3.32. The van der Waals surface area contributed by atoms with E-state index in [2.05, 4.69) is 14.8 Å². The topological polar surface area (TPSA) is 47.6 Å². The zero-order valence-corrected chi connectivity index (χ0v) is 14.1. The van der Waals surface area contributed by atoms with Gasteiger partial charge in [0.15, 0.2) is 0 Å². The zero-order chi connectivity index (χ0) is 20.6. The van der Waals surface area contributed by atoms with E-state index in [0.29, 0.717) is 0 Å². The fourth-order valence-corrected chi connectivity index (χ4v) is 2.33. The Kier molecular flexibility index (Phi) is 8.80. The van der Waals surface area contributed by atoms with Gasteiger partial charge in [0.05, 0.1) is 12.6 Å². The molecule has 11 heteroatoms. The van der Waals surface area contributed by atoms with Crippen LogP contribution in [0.25, 0.3) is 0 Å². The molecule has 154 valence electrons. The van der Waals surface area contributed by atoms with Crippen LogP contribution in [0.2, 0.25) is 0 Å². The van der Waals surface area contributed by atoms with E-state index in [0.717, 1.165) is 6.07 Å². The molecule has 1 amide bonds. The van der Waals surface area contributed by atoms with Crippen LogP contribution in [0.1, 0.15) is 31.4 Å². The van der Waals surface area contributed by atoms with Crippen molar-refractivity contribution in [2.75, 3.05) is 6.61 Å². The Balaban J connectivity index is 2.83. The molecule has 0 saturated carbocycles. The van der Waals surface area contributed by atoms with Gasteiger partial charge in [-0.2, -0.15) is 30.7 Å². The number of ether oxygens (including phenoxy) is 2. The Morgan fingerprint density at radius 3 is 2.37 bits per heavy atom. The summed E-state index contributed by atoms with van der Waals surface area (Å²) in [6, 6.07) is 3.72. The number of rotatable bonds is 10. The van der Waals surface area contributed by atoms with E-state index in [1.807, 2.05) is 0 Å². The number of benzene rings is 1. The molecular formula is C16H18F7NO3. The van der Waals surface area contributed by atoms with Gasteiger partial charge in [0.1, 0.15) is 5.75 Å². The number of hydrogen-bond acceptors (Lipinski definition) is 3. The molecule has 4 nitrogen and oxygen atoms in total. The third kappa shape index (κ3) is 10.0. The van der Waals surface area contributed by atoms with Gasteiger partial charge in [-0.3, -0.25) is 4.79 Å². The molecule has 27 heavy (non-hydrogen) atoms. The maximum absolute atomic E-state index is 12.3. The summed E-state index contributed by atoms with van der Waals surface area (Å²) in [6.45, 7) is -5.77. The van der Waals surface area contributed by atoms with Gasteiger partial charge < -0.3 is 14.8 Å². The van der Waals surface area contributed by atoms with Crippen molar-refractivity contribution >= 4 is 5.91 Å². The summed E-state index contributed by atoms with van der Waals surface area (Å²) in [4.78, 5) is 12.0. The Labute approximate surface area is 150 Å². The van der Waals surface area contributed by atoms with E-state index in [4.69, 9.17) is 0 Å².